The third-order valence-corrected chi connectivity index (χ3v) is 2.77. The second-order valence-corrected chi connectivity index (χ2v) is 3.90. The Morgan fingerprint density at radius 3 is 2.37 bits per heavy atom. The fourth-order valence-electron chi connectivity index (χ4n) is 1.81. The number of carbonyl (C=O) groups is 1. The summed E-state index contributed by atoms with van der Waals surface area (Å²) in [5, 5.41) is 0. The molecule has 3 nitrogen and oxygen atoms in total. The van der Waals surface area contributed by atoms with Crippen LogP contribution in [0.4, 0.5) is 4.39 Å². The lowest BCUT2D eigenvalue weighted by atomic mass is 10.0. The summed E-state index contributed by atoms with van der Waals surface area (Å²) in [5.74, 6) is -1.02. The van der Waals surface area contributed by atoms with Crippen molar-refractivity contribution in [3.8, 4) is 16.9 Å². The molecule has 98 valence electrons. The molecule has 2 rings (SSSR count). The maximum atomic E-state index is 14.2. The molecule has 0 atom stereocenters. The van der Waals surface area contributed by atoms with Crippen molar-refractivity contribution < 1.29 is 18.7 Å². The fourth-order valence-corrected chi connectivity index (χ4v) is 1.81. The van der Waals surface area contributed by atoms with E-state index in [-0.39, 0.29) is 11.3 Å². The highest BCUT2D eigenvalue weighted by molar-refractivity contribution is 5.91. The summed E-state index contributed by atoms with van der Waals surface area (Å²) in [5.41, 5.74) is 1.23. The first kappa shape index (κ1) is 13.1. The highest BCUT2D eigenvalue weighted by Crippen LogP contribution is 2.31. The minimum absolute atomic E-state index is 0.0155. The van der Waals surface area contributed by atoms with Gasteiger partial charge >= 0.3 is 5.97 Å². The molecular weight excluding hydrogens is 247 g/mol. The molecule has 0 aliphatic rings. The van der Waals surface area contributed by atoms with Crippen LogP contribution in [0.5, 0.6) is 5.75 Å². The maximum Gasteiger partial charge on any atom is 0.338 e. The van der Waals surface area contributed by atoms with Crippen LogP contribution in [0.1, 0.15) is 10.4 Å². The molecule has 0 unspecified atom stereocenters. The number of benzene rings is 2. The number of hydrogen-bond donors (Lipinski definition) is 0. The Balaban J connectivity index is 2.62. The van der Waals surface area contributed by atoms with Gasteiger partial charge in [-0.05, 0) is 17.7 Å². The van der Waals surface area contributed by atoms with E-state index >= 15 is 0 Å². The van der Waals surface area contributed by atoms with Crippen molar-refractivity contribution >= 4 is 5.97 Å². The lowest BCUT2D eigenvalue weighted by molar-refractivity contribution is 0.0600. The predicted octanol–water partition coefficient (Wildman–Crippen LogP) is 3.29. The van der Waals surface area contributed by atoms with Gasteiger partial charge in [-0.3, -0.25) is 0 Å². The minimum Gasteiger partial charge on any atom is -0.494 e. The van der Waals surface area contributed by atoms with E-state index in [1.54, 1.807) is 24.3 Å². The van der Waals surface area contributed by atoms with Crippen LogP contribution in [-0.4, -0.2) is 20.2 Å². The standard InChI is InChI=1S/C15H13FO3/c1-18-13-9-11(15(17)19-2)8-12(14(13)16)10-6-4-3-5-7-10/h3-9H,1-2H3. The van der Waals surface area contributed by atoms with Gasteiger partial charge in [-0.25, -0.2) is 9.18 Å². The van der Waals surface area contributed by atoms with Crippen molar-refractivity contribution in [2.45, 2.75) is 0 Å². The average Bonchev–Trinajstić information content (AvgIpc) is 2.47. The zero-order valence-corrected chi connectivity index (χ0v) is 10.6. The molecule has 0 N–H and O–H groups in total. The second kappa shape index (κ2) is 5.52. The van der Waals surface area contributed by atoms with Crippen LogP contribution < -0.4 is 4.74 Å². The van der Waals surface area contributed by atoms with E-state index < -0.39 is 11.8 Å². The number of esters is 1. The van der Waals surface area contributed by atoms with Crippen molar-refractivity contribution in [3.05, 3.63) is 53.8 Å². The highest BCUT2D eigenvalue weighted by Gasteiger charge is 2.16. The van der Waals surface area contributed by atoms with Gasteiger partial charge in [0.2, 0.25) is 0 Å². The van der Waals surface area contributed by atoms with Gasteiger partial charge < -0.3 is 9.47 Å². The van der Waals surface area contributed by atoms with Crippen molar-refractivity contribution in [1.82, 2.24) is 0 Å². The summed E-state index contributed by atoms with van der Waals surface area (Å²) < 4.78 is 23.8. The van der Waals surface area contributed by atoms with Crippen molar-refractivity contribution in [2.75, 3.05) is 14.2 Å². The topological polar surface area (TPSA) is 35.5 Å². The van der Waals surface area contributed by atoms with Gasteiger partial charge in [-0.15, -0.1) is 0 Å². The molecule has 0 spiro atoms. The lowest BCUT2D eigenvalue weighted by Crippen LogP contribution is -2.03. The van der Waals surface area contributed by atoms with E-state index in [1.807, 2.05) is 6.07 Å². The van der Waals surface area contributed by atoms with Crippen LogP contribution >= 0.6 is 0 Å². The SMILES string of the molecule is COC(=O)c1cc(OC)c(F)c(-c2ccccc2)c1. The molecule has 2 aromatic carbocycles. The smallest absolute Gasteiger partial charge is 0.338 e. The first-order chi connectivity index (χ1) is 9.17. The normalized spacial score (nSPS) is 10.1. The van der Waals surface area contributed by atoms with Crippen LogP contribution in [0, 0.1) is 5.82 Å². The van der Waals surface area contributed by atoms with Crippen LogP contribution in [0.2, 0.25) is 0 Å². The molecular formula is C15H13FO3. The van der Waals surface area contributed by atoms with Gasteiger partial charge in [-0.1, -0.05) is 30.3 Å². The van der Waals surface area contributed by atoms with Crippen LogP contribution in [0.3, 0.4) is 0 Å². The van der Waals surface area contributed by atoms with Crippen LogP contribution in [0.25, 0.3) is 11.1 Å². The van der Waals surface area contributed by atoms with E-state index in [1.165, 1.54) is 26.4 Å². The molecule has 19 heavy (non-hydrogen) atoms. The molecule has 4 heteroatoms. The van der Waals surface area contributed by atoms with Crippen molar-refractivity contribution in [1.29, 1.82) is 0 Å². The number of rotatable bonds is 3. The predicted molar refractivity (Wildman–Crippen MR) is 69.7 cm³/mol. The van der Waals surface area contributed by atoms with E-state index in [0.717, 1.165) is 0 Å². The summed E-state index contributed by atoms with van der Waals surface area (Å²) in [6.07, 6.45) is 0. The Morgan fingerprint density at radius 2 is 1.79 bits per heavy atom. The average molecular weight is 260 g/mol. The van der Waals surface area contributed by atoms with Gasteiger partial charge in [0.1, 0.15) is 0 Å². The van der Waals surface area contributed by atoms with E-state index in [9.17, 15) is 9.18 Å². The summed E-state index contributed by atoms with van der Waals surface area (Å²) in [4.78, 5) is 11.6. The Morgan fingerprint density at radius 1 is 1.11 bits per heavy atom. The quantitative estimate of drug-likeness (QED) is 0.794. The monoisotopic (exact) mass is 260 g/mol. The zero-order valence-electron chi connectivity index (χ0n) is 10.6. The number of ether oxygens (including phenoxy) is 2. The molecule has 0 fully saturated rings. The molecule has 0 aliphatic heterocycles. The Hall–Kier alpha value is -2.36. The third-order valence-electron chi connectivity index (χ3n) is 2.77. The first-order valence-electron chi connectivity index (χ1n) is 5.68. The minimum atomic E-state index is -0.532. The summed E-state index contributed by atoms with van der Waals surface area (Å²) in [7, 11) is 2.63. The molecule has 0 aliphatic carbocycles. The summed E-state index contributed by atoms with van der Waals surface area (Å²) in [6, 6.07) is 11.7. The number of halogens is 1. The summed E-state index contributed by atoms with van der Waals surface area (Å²) >= 11 is 0. The molecule has 0 aromatic heterocycles. The Labute approximate surface area is 110 Å². The van der Waals surface area contributed by atoms with Gasteiger partial charge in [0.25, 0.3) is 0 Å². The van der Waals surface area contributed by atoms with Gasteiger partial charge in [0.15, 0.2) is 11.6 Å². The molecule has 0 radical (unpaired) electrons. The van der Waals surface area contributed by atoms with E-state index in [2.05, 4.69) is 4.74 Å². The molecule has 0 amide bonds. The van der Waals surface area contributed by atoms with Crippen molar-refractivity contribution in [3.63, 3.8) is 0 Å². The van der Waals surface area contributed by atoms with Crippen LogP contribution in [0.15, 0.2) is 42.5 Å². The van der Waals surface area contributed by atoms with Gasteiger partial charge in [-0.2, -0.15) is 0 Å². The first-order valence-corrected chi connectivity index (χ1v) is 5.68. The number of methoxy groups -OCH3 is 2. The fraction of sp³-hybridized carbons (Fsp3) is 0.133. The third kappa shape index (κ3) is 2.57. The number of hydrogen-bond acceptors (Lipinski definition) is 3. The van der Waals surface area contributed by atoms with Crippen molar-refractivity contribution in [2.24, 2.45) is 0 Å². The highest BCUT2D eigenvalue weighted by atomic mass is 19.1. The lowest BCUT2D eigenvalue weighted by Gasteiger charge is -2.10. The molecule has 0 heterocycles. The Kier molecular flexibility index (Phi) is 3.80. The molecule has 0 saturated heterocycles. The second-order valence-electron chi connectivity index (χ2n) is 3.90. The molecule has 2 aromatic rings. The Bertz CT molecular complexity index is 594. The molecule has 0 bridgehead atoms. The van der Waals surface area contributed by atoms with Gasteiger partial charge in [0, 0.05) is 5.56 Å². The van der Waals surface area contributed by atoms with E-state index in [0.29, 0.717) is 11.1 Å². The van der Waals surface area contributed by atoms with Gasteiger partial charge in [0.05, 0.1) is 19.8 Å². The zero-order chi connectivity index (χ0) is 13.8. The number of carbonyl (C=O) groups excluding carboxylic acids is 1. The largest absolute Gasteiger partial charge is 0.494 e. The van der Waals surface area contributed by atoms with Crippen LogP contribution in [-0.2, 0) is 4.74 Å². The summed E-state index contributed by atoms with van der Waals surface area (Å²) in [6.45, 7) is 0. The maximum absolute atomic E-state index is 14.2. The van der Waals surface area contributed by atoms with E-state index in [4.69, 9.17) is 4.74 Å². The molecule has 0 saturated carbocycles.